The Kier molecular flexibility index (Phi) is 5.33. The van der Waals surface area contributed by atoms with E-state index in [9.17, 15) is 22.2 Å². The third-order valence-electron chi connectivity index (χ3n) is 4.54. The largest absolute Gasteiger partial charge is 0.471 e. The Morgan fingerprint density at radius 2 is 1.91 bits per heavy atom. The number of aromatic nitrogens is 4. The normalized spacial score (nSPS) is 13.8. The fraction of sp³-hybridized carbons (Fsp3) is 0.200. The van der Waals surface area contributed by atoms with Gasteiger partial charge in [0.2, 0.25) is 5.82 Å². The summed E-state index contributed by atoms with van der Waals surface area (Å²) in [6, 6.07) is 10.0. The lowest BCUT2D eigenvalue weighted by molar-refractivity contribution is -0.159. The second-order valence-electron chi connectivity index (χ2n) is 7.07. The van der Waals surface area contributed by atoms with Gasteiger partial charge in [-0.1, -0.05) is 23.4 Å². The highest BCUT2D eigenvalue weighted by molar-refractivity contribution is 7.93. The summed E-state index contributed by atoms with van der Waals surface area (Å²) < 4.78 is 60.6. The van der Waals surface area contributed by atoms with Crippen molar-refractivity contribution in [1.82, 2.24) is 19.5 Å². The average Bonchev–Trinajstić information content (AvgIpc) is 3.33. The van der Waals surface area contributed by atoms with E-state index in [1.807, 2.05) is 0 Å². The molecule has 0 saturated heterocycles. The van der Waals surface area contributed by atoms with E-state index in [0.29, 0.717) is 16.2 Å². The van der Waals surface area contributed by atoms with Crippen LogP contribution in [0.1, 0.15) is 17.1 Å². The predicted octanol–water partition coefficient (Wildman–Crippen LogP) is 3.94. The van der Waals surface area contributed by atoms with Crippen molar-refractivity contribution in [2.24, 2.45) is 4.36 Å². The van der Waals surface area contributed by atoms with Gasteiger partial charge in [-0.05, 0) is 30.7 Å². The van der Waals surface area contributed by atoms with Crippen LogP contribution in [-0.4, -0.2) is 35.9 Å². The molecule has 1 atom stereocenters. The summed E-state index contributed by atoms with van der Waals surface area (Å²) in [4.78, 5) is 20.6. The Morgan fingerprint density at radius 3 is 2.59 bits per heavy atom. The van der Waals surface area contributed by atoms with Crippen LogP contribution < -0.4 is 0 Å². The summed E-state index contributed by atoms with van der Waals surface area (Å²) in [7, 11) is -2.92. The fourth-order valence-corrected chi connectivity index (χ4v) is 4.68. The summed E-state index contributed by atoms with van der Waals surface area (Å²) in [6.07, 6.45) is -0.522. The number of alkyl halides is 3. The first-order valence-electron chi connectivity index (χ1n) is 9.22. The number of hydrogen-bond acceptors (Lipinski definition) is 6. The predicted molar refractivity (Wildman–Crippen MR) is 108 cm³/mol. The zero-order valence-corrected chi connectivity index (χ0v) is 17.6. The van der Waals surface area contributed by atoms with E-state index >= 15 is 0 Å². The molecular weight excluding hydrogens is 447 g/mol. The fourth-order valence-electron chi connectivity index (χ4n) is 3.13. The van der Waals surface area contributed by atoms with Gasteiger partial charge in [0.05, 0.1) is 26.7 Å². The zero-order chi connectivity index (χ0) is 23.1. The second kappa shape index (κ2) is 7.86. The third kappa shape index (κ3) is 4.40. The minimum Gasteiger partial charge on any atom is -0.329 e. The highest BCUT2D eigenvalue weighted by Crippen LogP contribution is 2.29. The molecule has 0 fully saturated rings. The van der Waals surface area contributed by atoms with Crippen molar-refractivity contribution in [3.05, 3.63) is 65.9 Å². The summed E-state index contributed by atoms with van der Waals surface area (Å²) >= 11 is 0. The summed E-state index contributed by atoms with van der Waals surface area (Å²) in [5, 5.41) is 3.35. The van der Waals surface area contributed by atoms with Gasteiger partial charge in [0.25, 0.3) is 5.91 Å². The Hall–Kier alpha value is -3.54. The van der Waals surface area contributed by atoms with Gasteiger partial charge in [0, 0.05) is 24.2 Å². The van der Waals surface area contributed by atoms with E-state index in [-0.39, 0.29) is 17.8 Å². The van der Waals surface area contributed by atoms with Crippen LogP contribution in [0.25, 0.3) is 17.0 Å². The molecule has 1 amide bonds. The van der Waals surface area contributed by atoms with Gasteiger partial charge in [-0.2, -0.15) is 22.5 Å². The number of benzene rings is 1. The maximum atomic E-state index is 12.9. The summed E-state index contributed by atoms with van der Waals surface area (Å²) in [5.41, 5.74) is 1.85. The lowest BCUT2D eigenvalue weighted by atomic mass is 10.2. The molecule has 8 nitrogen and oxygen atoms in total. The van der Waals surface area contributed by atoms with E-state index in [0.717, 1.165) is 5.56 Å². The zero-order valence-electron chi connectivity index (χ0n) is 16.8. The van der Waals surface area contributed by atoms with E-state index in [1.165, 1.54) is 29.1 Å². The molecule has 32 heavy (non-hydrogen) atoms. The van der Waals surface area contributed by atoms with E-state index < -0.39 is 27.7 Å². The number of amides is 1. The van der Waals surface area contributed by atoms with Gasteiger partial charge in [-0.15, -0.1) is 0 Å². The van der Waals surface area contributed by atoms with Crippen molar-refractivity contribution in [2.75, 3.05) is 6.26 Å². The molecule has 3 aromatic heterocycles. The Bertz CT molecular complexity index is 1450. The molecule has 1 aromatic carbocycles. The number of halogens is 3. The molecule has 0 bridgehead atoms. The van der Waals surface area contributed by atoms with Crippen molar-refractivity contribution < 1.29 is 26.7 Å². The van der Waals surface area contributed by atoms with Gasteiger partial charge in [-0.25, -0.2) is 9.19 Å². The molecule has 1 unspecified atom stereocenters. The number of hydrogen-bond donors (Lipinski definition) is 0. The highest BCUT2D eigenvalue weighted by atomic mass is 32.2. The van der Waals surface area contributed by atoms with Crippen molar-refractivity contribution >= 4 is 21.3 Å². The molecule has 4 rings (SSSR count). The maximum absolute atomic E-state index is 12.9. The molecule has 0 saturated carbocycles. The van der Waals surface area contributed by atoms with E-state index in [1.54, 1.807) is 37.3 Å². The molecule has 0 aliphatic rings. The Morgan fingerprint density at radius 1 is 1.16 bits per heavy atom. The molecule has 0 radical (unpaired) electrons. The topological polar surface area (TPSA) is 103 Å². The van der Waals surface area contributed by atoms with Gasteiger partial charge in [-0.3, -0.25) is 4.79 Å². The number of carbonyl (C=O) groups is 1. The number of fused-ring (bicyclic) bond motifs is 1. The standard InChI is InChI=1S/C20H16F3N5O3S/c1-12-5-3-4-6-15(12)32(2,30)27-17(29)9-14-11-28-10-13(7-8-16(28)24-14)18-25-19(31-26-18)20(21,22)23/h3-8,10-11H,9H2,1-2H3. The van der Waals surface area contributed by atoms with Gasteiger partial charge < -0.3 is 8.92 Å². The molecule has 0 aliphatic heterocycles. The third-order valence-corrected chi connectivity index (χ3v) is 6.36. The van der Waals surface area contributed by atoms with Crippen LogP contribution in [0.2, 0.25) is 0 Å². The summed E-state index contributed by atoms with van der Waals surface area (Å²) in [5.74, 6) is -2.27. The average molecular weight is 463 g/mol. The van der Waals surface area contributed by atoms with Gasteiger partial charge in [0.1, 0.15) is 5.65 Å². The van der Waals surface area contributed by atoms with Gasteiger partial charge in [0.15, 0.2) is 0 Å². The van der Waals surface area contributed by atoms with Crippen molar-refractivity contribution in [3.8, 4) is 11.4 Å². The Labute approximate surface area is 180 Å². The number of aryl methyl sites for hydroxylation is 1. The van der Waals surface area contributed by atoms with Crippen LogP contribution in [0, 0.1) is 6.92 Å². The molecule has 0 spiro atoms. The number of rotatable bonds is 4. The van der Waals surface area contributed by atoms with Crippen LogP contribution >= 0.6 is 0 Å². The van der Waals surface area contributed by atoms with Crippen molar-refractivity contribution in [3.63, 3.8) is 0 Å². The minimum atomic E-state index is -4.74. The Balaban J connectivity index is 1.58. The van der Waals surface area contributed by atoms with E-state index in [2.05, 4.69) is 24.0 Å². The molecular formula is C20H16F3N5O3S. The molecule has 0 N–H and O–H groups in total. The van der Waals surface area contributed by atoms with Crippen LogP contribution in [0.15, 0.2) is 62.6 Å². The van der Waals surface area contributed by atoms with E-state index in [4.69, 9.17) is 0 Å². The van der Waals surface area contributed by atoms with Crippen LogP contribution in [-0.2, 0) is 27.1 Å². The first kappa shape index (κ1) is 21.7. The molecule has 4 aromatic rings. The molecule has 0 aliphatic carbocycles. The molecule has 166 valence electrons. The first-order valence-corrected chi connectivity index (χ1v) is 11.1. The van der Waals surface area contributed by atoms with Crippen LogP contribution in [0.5, 0.6) is 0 Å². The highest BCUT2D eigenvalue weighted by Gasteiger charge is 2.38. The lowest BCUT2D eigenvalue weighted by Gasteiger charge is -2.06. The second-order valence-corrected chi connectivity index (χ2v) is 9.29. The smallest absolute Gasteiger partial charge is 0.329 e. The quantitative estimate of drug-likeness (QED) is 0.454. The van der Waals surface area contributed by atoms with Crippen molar-refractivity contribution in [1.29, 1.82) is 0 Å². The number of nitrogens with zero attached hydrogens (tertiary/aromatic N) is 5. The summed E-state index contributed by atoms with van der Waals surface area (Å²) in [6.45, 7) is 1.79. The number of carbonyl (C=O) groups excluding carboxylic acids is 1. The van der Waals surface area contributed by atoms with Crippen LogP contribution in [0.3, 0.4) is 0 Å². The molecule has 12 heteroatoms. The maximum Gasteiger partial charge on any atom is 0.471 e. The van der Waals surface area contributed by atoms with Gasteiger partial charge >= 0.3 is 12.1 Å². The SMILES string of the molecule is Cc1ccccc1S(C)(=O)=NC(=O)Cc1cn2cc(-c3noc(C(F)(F)F)n3)ccc2n1. The number of imidazole rings is 1. The molecule has 3 heterocycles. The monoisotopic (exact) mass is 463 g/mol. The lowest BCUT2D eigenvalue weighted by Crippen LogP contribution is -2.07. The minimum absolute atomic E-state index is 0.186. The first-order chi connectivity index (χ1) is 15.0. The number of pyridine rings is 1. The van der Waals surface area contributed by atoms with Crippen molar-refractivity contribution in [2.45, 2.75) is 24.4 Å². The van der Waals surface area contributed by atoms with Crippen LogP contribution in [0.4, 0.5) is 13.2 Å².